The fourth-order valence-electron chi connectivity index (χ4n) is 2.12. The highest BCUT2D eigenvalue weighted by Gasteiger charge is 1.95. The Hall–Kier alpha value is -0.270. The van der Waals surface area contributed by atoms with E-state index < -0.39 is 5.97 Å². The summed E-state index contributed by atoms with van der Waals surface area (Å²) in [5.41, 5.74) is 0. The molecule has 0 saturated heterocycles. The first-order valence-corrected chi connectivity index (χ1v) is 9.90. The van der Waals surface area contributed by atoms with Crippen LogP contribution in [0.1, 0.15) is 83.5 Å². The van der Waals surface area contributed by atoms with Crippen molar-refractivity contribution in [2.24, 2.45) is 0 Å². The van der Waals surface area contributed by atoms with Gasteiger partial charge in [0.15, 0.2) is 0 Å². The Kier molecular flexibility index (Phi) is 16.9. The summed E-state index contributed by atoms with van der Waals surface area (Å²) in [4.78, 5) is 10.3. The molecule has 4 heteroatoms. The second kappa shape index (κ2) is 17.1. The Morgan fingerprint density at radius 3 is 1.86 bits per heavy atom. The molecule has 0 aromatic rings. The zero-order valence-electron chi connectivity index (χ0n) is 13.4. The smallest absolute Gasteiger partial charge is 0.303 e. The zero-order chi connectivity index (χ0) is 16.5. The molecule has 0 spiro atoms. The Bertz CT molecular complexity index is 363. The standard InChI is InChI=1S/C18H28Br2O2/c19-17(20)15-13-11-9-7-5-3-1-2-4-6-8-10-12-14-16-18(21)22/h15H,1-3,5,7-14,16H2,(H,21,22). The third kappa shape index (κ3) is 19.7. The summed E-state index contributed by atoms with van der Waals surface area (Å²) < 4.78 is 1.06. The topological polar surface area (TPSA) is 37.3 Å². The molecule has 126 valence electrons. The lowest BCUT2D eigenvalue weighted by Crippen LogP contribution is -1.93. The van der Waals surface area contributed by atoms with Crippen molar-refractivity contribution in [3.63, 3.8) is 0 Å². The van der Waals surface area contributed by atoms with E-state index in [0.717, 1.165) is 41.9 Å². The first-order valence-electron chi connectivity index (χ1n) is 8.31. The number of aliphatic carboxylic acids is 1. The number of rotatable bonds is 13. The second-order valence-electron chi connectivity index (χ2n) is 5.46. The molecule has 0 aliphatic heterocycles. The molecule has 0 aromatic carbocycles. The molecule has 0 aliphatic carbocycles. The normalized spacial score (nSPS) is 9.91. The summed E-state index contributed by atoms with van der Waals surface area (Å²) in [7, 11) is 0. The van der Waals surface area contributed by atoms with Gasteiger partial charge in [0.25, 0.3) is 0 Å². The van der Waals surface area contributed by atoms with Crippen LogP contribution in [0.5, 0.6) is 0 Å². The van der Waals surface area contributed by atoms with Gasteiger partial charge in [-0.15, -0.1) is 11.8 Å². The van der Waals surface area contributed by atoms with Gasteiger partial charge in [-0.1, -0.05) is 38.2 Å². The van der Waals surface area contributed by atoms with Crippen molar-refractivity contribution in [2.75, 3.05) is 0 Å². The minimum atomic E-state index is -0.696. The zero-order valence-corrected chi connectivity index (χ0v) is 16.6. The maximum Gasteiger partial charge on any atom is 0.303 e. The van der Waals surface area contributed by atoms with Crippen LogP contribution in [0.3, 0.4) is 0 Å². The van der Waals surface area contributed by atoms with Crippen molar-refractivity contribution < 1.29 is 9.90 Å². The van der Waals surface area contributed by atoms with Gasteiger partial charge in [-0.2, -0.15) is 0 Å². The van der Waals surface area contributed by atoms with Crippen molar-refractivity contribution in [3.8, 4) is 11.8 Å². The van der Waals surface area contributed by atoms with Crippen molar-refractivity contribution in [3.05, 3.63) is 9.47 Å². The van der Waals surface area contributed by atoms with Crippen LogP contribution in [-0.4, -0.2) is 11.1 Å². The van der Waals surface area contributed by atoms with Crippen LogP contribution in [0.25, 0.3) is 0 Å². The van der Waals surface area contributed by atoms with E-state index in [1.807, 2.05) is 0 Å². The monoisotopic (exact) mass is 434 g/mol. The molecule has 0 bridgehead atoms. The molecule has 0 heterocycles. The maximum absolute atomic E-state index is 10.3. The van der Waals surface area contributed by atoms with E-state index in [1.54, 1.807) is 0 Å². The van der Waals surface area contributed by atoms with Crippen LogP contribution in [-0.2, 0) is 4.79 Å². The van der Waals surface area contributed by atoms with E-state index in [4.69, 9.17) is 5.11 Å². The summed E-state index contributed by atoms with van der Waals surface area (Å²) in [5, 5.41) is 8.50. The van der Waals surface area contributed by atoms with Gasteiger partial charge >= 0.3 is 5.97 Å². The van der Waals surface area contributed by atoms with Gasteiger partial charge in [0.2, 0.25) is 0 Å². The average molecular weight is 436 g/mol. The lowest BCUT2D eigenvalue weighted by molar-refractivity contribution is -0.137. The highest BCUT2D eigenvalue weighted by Crippen LogP contribution is 2.16. The number of halogens is 2. The molecule has 22 heavy (non-hydrogen) atoms. The Morgan fingerprint density at radius 1 is 0.818 bits per heavy atom. The molecule has 0 saturated carbocycles. The lowest BCUT2D eigenvalue weighted by Gasteiger charge is -1.98. The molecule has 0 aromatic heterocycles. The minimum absolute atomic E-state index is 0.289. The number of carboxylic acid groups (broad SMARTS) is 1. The molecule has 0 atom stereocenters. The third-order valence-electron chi connectivity index (χ3n) is 3.37. The quantitative estimate of drug-likeness (QED) is 0.255. The van der Waals surface area contributed by atoms with E-state index in [0.29, 0.717) is 0 Å². The molecule has 0 rings (SSSR count). The Labute approximate surface area is 152 Å². The fraction of sp³-hybridized carbons (Fsp3) is 0.722. The number of carboxylic acids is 1. The Balaban J connectivity index is 3.18. The highest BCUT2D eigenvalue weighted by atomic mass is 79.9. The van der Waals surface area contributed by atoms with Crippen LogP contribution >= 0.6 is 31.9 Å². The number of hydrogen-bond donors (Lipinski definition) is 1. The molecule has 0 unspecified atom stereocenters. The van der Waals surface area contributed by atoms with Crippen LogP contribution < -0.4 is 0 Å². The number of allylic oxidation sites excluding steroid dienone is 1. The van der Waals surface area contributed by atoms with E-state index in [-0.39, 0.29) is 6.42 Å². The van der Waals surface area contributed by atoms with Crippen LogP contribution in [0.4, 0.5) is 0 Å². The lowest BCUT2D eigenvalue weighted by atomic mass is 10.1. The number of hydrogen-bond acceptors (Lipinski definition) is 1. The first-order chi connectivity index (χ1) is 10.6. The molecule has 0 aliphatic rings. The summed E-state index contributed by atoms with van der Waals surface area (Å²) in [6.45, 7) is 0. The van der Waals surface area contributed by atoms with E-state index in [1.165, 1.54) is 38.5 Å². The fourth-order valence-corrected chi connectivity index (χ4v) is 2.58. The van der Waals surface area contributed by atoms with Gasteiger partial charge in [-0.3, -0.25) is 4.79 Å². The second-order valence-corrected chi connectivity index (χ2v) is 8.23. The molecule has 1 N–H and O–H groups in total. The molecular formula is C18H28Br2O2. The first kappa shape index (κ1) is 21.7. The molecule has 0 radical (unpaired) electrons. The van der Waals surface area contributed by atoms with Crippen LogP contribution in [0.2, 0.25) is 0 Å². The van der Waals surface area contributed by atoms with Gasteiger partial charge in [0, 0.05) is 19.3 Å². The number of unbranched alkanes of at least 4 members (excludes halogenated alkanes) is 10. The van der Waals surface area contributed by atoms with Gasteiger partial charge in [-0.05, 0) is 64.0 Å². The summed E-state index contributed by atoms with van der Waals surface area (Å²) in [6.07, 6.45) is 16.0. The van der Waals surface area contributed by atoms with Crippen molar-refractivity contribution in [1.82, 2.24) is 0 Å². The summed E-state index contributed by atoms with van der Waals surface area (Å²) >= 11 is 6.73. The average Bonchev–Trinajstić information content (AvgIpc) is 2.46. The molecule has 0 amide bonds. The maximum atomic E-state index is 10.3. The van der Waals surface area contributed by atoms with Crippen LogP contribution in [0, 0.1) is 11.8 Å². The van der Waals surface area contributed by atoms with Crippen molar-refractivity contribution >= 4 is 37.8 Å². The molecule has 2 nitrogen and oxygen atoms in total. The molecular weight excluding hydrogens is 408 g/mol. The SMILES string of the molecule is O=C(O)CCCCCC#CCCCCCCCCC=C(Br)Br. The Morgan fingerprint density at radius 2 is 1.32 bits per heavy atom. The van der Waals surface area contributed by atoms with Crippen LogP contribution in [0.15, 0.2) is 9.47 Å². The molecule has 0 fully saturated rings. The highest BCUT2D eigenvalue weighted by molar-refractivity contribution is 9.28. The van der Waals surface area contributed by atoms with E-state index in [2.05, 4.69) is 49.8 Å². The predicted octanol–water partition coefficient (Wildman–Crippen LogP) is 6.78. The third-order valence-corrected chi connectivity index (χ3v) is 4.02. The van der Waals surface area contributed by atoms with Crippen molar-refractivity contribution in [1.29, 1.82) is 0 Å². The minimum Gasteiger partial charge on any atom is -0.481 e. The van der Waals surface area contributed by atoms with Gasteiger partial charge in [-0.25, -0.2) is 0 Å². The summed E-state index contributed by atoms with van der Waals surface area (Å²) in [5.74, 6) is 5.72. The van der Waals surface area contributed by atoms with Gasteiger partial charge in [0.1, 0.15) is 0 Å². The van der Waals surface area contributed by atoms with Gasteiger partial charge in [0.05, 0.1) is 3.39 Å². The summed E-state index contributed by atoms with van der Waals surface area (Å²) in [6, 6.07) is 0. The predicted molar refractivity (Wildman–Crippen MR) is 101 cm³/mol. The van der Waals surface area contributed by atoms with E-state index in [9.17, 15) is 4.79 Å². The van der Waals surface area contributed by atoms with Gasteiger partial charge < -0.3 is 5.11 Å². The largest absolute Gasteiger partial charge is 0.481 e. The number of carbonyl (C=O) groups is 1. The van der Waals surface area contributed by atoms with Crippen molar-refractivity contribution in [2.45, 2.75) is 83.5 Å². The van der Waals surface area contributed by atoms with E-state index >= 15 is 0 Å².